The highest BCUT2D eigenvalue weighted by Gasteiger charge is 2.18. The molecule has 0 saturated heterocycles. The second-order valence-electron chi connectivity index (χ2n) is 6.31. The molecular formula is C21H22ClN3O2. The maximum absolute atomic E-state index is 12.4. The van der Waals surface area contributed by atoms with Crippen molar-refractivity contribution < 1.29 is 9.53 Å². The number of amides is 1. The molecule has 3 rings (SSSR count). The van der Waals surface area contributed by atoms with Gasteiger partial charge in [0.25, 0.3) is 5.91 Å². The minimum absolute atomic E-state index is 0.207. The lowest BCUT2D eigenvalue weighted by molar-refractivity contribution is -0.127. The van der Waals surface area contributed by atoms with Crippen molar-refractivity contribution in [2.75, 3.05) is 0 Å². The van der Waals surface area contributed by atoms with Crippen LogP contribution in [0.1, 0.15) is 23.9 Å². The number of nitrogens with zero attached hydrogens (tertiary/aromatic N) is 2. The van der Waals surface area contributed by atoms with E-state index in [0.29, 0.717) is 17.3 Å². The Bertz CT molecular complexity index is 938. The predicted molar refractivity (Wildman–Crippen MR) is 106 cm³/mol. The van der Waals surface area contributed by atoms with Gasteiger partial charge in [0.2, 0.25) is 0 Å². The number of hydrogen-bond acceptors (Lipinski definition) is 3. The Balaban J connectivity index is 1.67. The molecule has 1 heterocycles. The van der Waals surface area contributed by atoms with Gasteiger partial charge >= 0.3 is 0 Å². The third-order valence-corrected chi connectivity index (χ3v) is 4.70. The summed E-state index contributed by atoms with van der Waals surface area (Å²) in [6, 6.07) is 17.0. The molecule has 0 aliphatic carbocycles. The fraction of sp³-hybridized carbons (Fsp3) is 0.238. The van der Waals surface area contributed by atoms with Crippen LogP contribution in [0, 0.1) is 13.8 Å². The maximum Gasteiger partial charge on any atom is 0.261 e. The number of hydrogen-bond donors (Lipinski definition) is 1. The molecule has 0 radical (unpaired) electrons. The van der Waals surface area contributed by atoms with Gasteiger partial charge in [0.15, 0.2) is 6.10 Å². The molecule has 1 aromatic heterocycles. The minimum atomic E-state index is -0.658. The summed E-state index contributed by atoms with van der Waals surface area (Å²) in [5.41, 5.74) is 3.87. The van der Waals surface area contributed by atoms with Gasteiger partial charge in [-0.2, -0.15) is 5.10 Å². The van der Waals surface area contributed by atoms with E-state index in [0.717, 1.165) is 22.6 Å². The Kier molecular flexibility index (Phi) is 5.81. The van der Waals surface area contributed by atoms with Crippen LogP contribution in [0.2, 0.25) is 5.02 Å². The lowest BCUT2D eigenvalue weighted by Crippen LogP contribution is -2.36. The van der Waals surface area contributed by atoms with Crippen molar-refractivity contribution in [3.63, 3.8) is 0 Å². The first-order valence-corrected chi connectivity index (χ1v) is 9.14. The van der Waals surface area contributed by atoms with E-state index in [1.54, 1.807) is 19.1 Å². The maximum atomic E-state index is 12.4. The van der Waals surface area contributed by atoms with Crippen molar-refractivity contribution in [2.45, 2.75) is 33.4 Å². The van der Waals surface area contributed by atoms with Gasteiger partial charge in [-0.15, -0.1) is 0 Å². The molecule has 140 valence electrons. The van der Waals surface area contributed by atoms with Crippen molar-refractivity contribution >= 4 is 17.5 Å². The van der Waals surface area contributed by atoms with Gasteiger partial charge < -0.3 is 10.1 Å². The van der Waals surface area contributed by atoms with Gasteiger partial charge in [-0.05, 0) is 45.0 Å². The number of carbonyl (C=O) groups excluding carboxylic acids is 1. The Morgan fingerprint density at radius 2 is 1.81 bits per heavy atom. The Labute approximate surface area is 163 Å². The number of benzene rings is 2. The van der Waals surface area contributed by atoms with E-state index in [-0.39, 0.29) is 5.91 Å². The SMILES string of the molecule is Cc1nn(-c2ccccc2)c(C)c1CNC(=O)[C@@H](C)Oc1ccccc1Cl. The van der Waals surface area contributed by atoms with Gasteiger partial charge in [0.05, 0.1) is 16.4 Å². The topological polar surface area (TPSA) is 56.2 Å². The van der Waals surface area contributed by atoms with E-state index in [1.807, 2.05) is 61.0 Å². The Hall–Kier alpha value is -2.79. The third-order valence-electron chi connectivity index (χ3n) is 4.39. The summed E-state index contributed by atoms with van der Waals surface area (Å²) in [6.07, 6.45) is -0.658. The highest BCUT2D eigenvalue weighted by molar-refractivity contribution is 6.32. The molecule has 0 aliphatic heterocycles. The molecule has 1 atom stereocenters. The van der Waals surface area contributed by atoms with Gasteiger partial charge in [-0.3, -0.25) is 4.79 Å². The van der Waals surface area contributed by atoms with Crippen molar-refractivity contribution in [3.05, 3.63) is 76.6 Å². The van der Waals surface area contributed by atoms with Crippen molar-refractivity contribution in [3.8, 4) is 11.4 Å². The fourth-order valence-electron chi connectivity index (χ4n) is 2.85. The van der Waals surface area contributed by atoms with Gasteiger partial charge in [0.1, 0.15) is 5.75 Å². The summed E-state index contributed by atoms with van der Waals surface area (Å²) in [5, 5.41) is 8.00. The Morgan fingerprint density at radius 1 is 1.15 bits per heavy atom. The van der Waals surface area contributed by atoms with Crippen LogP contribution in [0.4, 0.5) is 0 Å². The molecule has 1 N–H and O–H groups in total. The zero-order valence-corrected chi connectivity index (χ0v) is 16.3. The van der Waals surface area contributed by atoms with E-state index in [9.17, 15) is 4.79 Å². The molecule has 0 aliphatic rings. The smallest absolute Gasteiger partial charge is 0.261 e. The van der Waals surface area contributed by atoms with Gasteiger partial charge in [0, 0.05) is 17.8 Å². The molecule has 0 fully saturated rings. The average molecular weight is 384 g/mol. The van der Waals surface area contributed by atoms with Crippen molar-refractivity contribution in [1.82, 2.24) is 15.1 Å². The zero-order chi connectivity index (χ0) is 19.4. The van der Waals surface area contributed by atoms with Crippen LogP contribution in [0.25, 0.3) is 5.69 Å². The summed E-state index contributed by atoms with van der Waals surface area (Å²) in [5.74, 6) is 0.284. The number of para-hydroxylation sites is 2. The molecule has 0 spiro atoms. The molecule has 1 amide bonds. The lowest BCUT2D eigenvalue weighted by Gasteiger charge is -2.15. The first-order valence-electron chi connectivity index (χ1n) is 8.76. The van der Waals surface area contributed by atoms with Gasteiger partial charge in [-0.1, -0.05) is 41.9 Å². The quantitative estimate of drug-likeness (QED) is 0.693. The number of ether oxygens (including phenoxy) is 1. The summed E-state index contributed by atoms with van der Waals surface area (Å²) in [4.78, 5) is 12.4. The molecule has 27 heavy (non-hydrogen) atoms. The number of aromatic nitrogens is 2. The van der Waals surface area contributed by atoms with Crippen molar-refractivity contribution in [1.29, 1.82) is 0 Å². The second kappa shape index (κ2) is 8.27. The standard InChI is InChI=1S/C21H22ClN3O2/c1-14-18(15(2)25(24-14)17-9-5-4-6-10-17)13-23-21(26)16(3)27-20-12-8-7-11-19(20)22/h4-12,16H,13H2,1-3H3,(H,23,26)/t16-/m1/s1. The molecule has 2 aromatic carbocycles. The monoisotopic (exact) mass is 383 g/mol. The molecular weight excluding hydrogens is 362 g/mol. The minimum Gasteiger partial charge on any atom is -0.479 e. The molecule has 5 nitrogen and oxygen atoms in total. The van der Waals surface area contributed by atoms with Crippen LogP contribution in [-0.4, -0.2) is 21.8 Å². The first-order chi connectivity index (χ1) is 13.0. The third kappa shape index (κ3) is 4.31. The van der Waals surface area contributed by atoms with E-state index >= 15 is 0 Å². The van der Waals surface area contributed by atoms with Crippen LogP contribution < -0.4 is 10.1 Å². The van der Waals surface area contributed by atoms with Crippen LogP contribution >= 0.6 is 11.6 Å². The van der Waals surface area contributed by atoms with Crippen LogP contribution in [0.5, 0.6) is 5.75 Å². The van der Waals surface area contributed by atoms with E-state index in [1.165, 1.54) is 0 Å². The molecule has 6 heteroatoms. The number of halogens is 1. The first kappa shape index (κ1) is 19.0. The molecule has 0 bridgehead atoms. The predicted octanol–water partition coefficient (Wildman–Crippen LogP) is 4.23. The van der Waals surface area contributed by atoms with Crippen molar-refractivity contribution in [2.24, 2.45) is 0 Å². The second-order valence-corrected chi connectivity index (χ2v) is 6.71. The largest absolute Gasteiger partial charge is 0.479 e. The number of nitrogens with one attached hydrogen (secondary N) is 1. The average Bonchev–Trinajstić information content (AvgIpc) is 2.96. The van der Waals surface area contributed by atoms with E-state index in [2.05, 4.69) is 10.4 Å². The Morgan fingerprint density at radius 3 is 2.52 bits per heavy atom. The van der Waals surface area contributed by atoms with Crippen LogP contribution in [0.3, 0.4) is 0 Å². The highest BCUT2D eigenvalue weighted by Crippen LogP contribution is 2.24. The van der Waals surface area contributed by atoms with Crippen LogP contribution in [0.15, 0.2) is 54.6 Å². The fourth-order valence-corrected chi connectivity index (χ4v) is 3.04. The normalized spacial score (nSPS) is 11.9. The highest BCUT2D eigenvalue weighted by atomic mass is 35.5. The number of rotatable bonds is 6. The molecule has 3 aromatic rings. The molecule has 0 unspecified atom stereocenters. The molecule has 0 saturated carbocycles. The number of aryl methyl sites for hydroxylation is 1. The lowest BCUT2D eigenvalue weighted by atomic mass is 10.2. The summed E-state index contributed by atoms with van der Waals surface area (Å²) >= 11 is 6.08. The van der Waals surface area contributed by atoms with Gasteiger partial charge in [-0.25, -0.2) is 4.68 Å². The van der Waals surface area contributed by atoms with E-state index in [4.69, 9.17) is 16.3 Å². The van der Waals surface area contributed by atoms with Crippen LogP contribution in [-0.2, 0) is 11.3 Å². The summed E-state index contributed by atoms with van der Waals surface area (Å²) < 4.78 is 7.55. The zero-order valence-electron chi connectivity index (χ0n) is 15.6. The number of carbonyl (C=O) groups is 1. The summed E-state index contributed by atoms with van der Waals surface area (Å²) in [7, 11) is 0. The summed E-state index contributed by atoms with van der Waals surface area (Å²) in [6.45, 7) is 6.03. The van der Waals surface area contributed by atoms with E-state index < -0.39 is 6.10 Å².